The molecule has 1 aliphatic carbocycles. The lowest BCUT2D eigenvalue weighted by molar-refractivity contribution is 0.0507. The Labute approximate surface area is 250 Å². The molecule has 0 amide bonds. The van der Waals surface area contributed by atoms with E-state index in [-0.39, 0.29) is 11.9 Å². The zero-order valence-corrected chi connectivity index (χ0v) is 24.3. The second-order valence-corrected chi connectivity index (χ2v) is 11.1. The van der Waals surface area contributed by atoms with E-state index < -0.39 is 0 Å². The number of nitrogens with zero attached hydrogens (tertiary/aromatic N) is 4. The molecule has 0 radical (unpaired) electrons. The predicted octanol–water partition coefficient (Wildman–Crippen LogP) is 4.35. The number of aromatic nitrogens is 5. The van der Waals surface area contributed by atoms with Gasteiger partial charge < -0.3 is 31.2 Å². The first-order valence-corrected chi connectivity index (χ1v) is 15.0. The highest BCUT2D eigenvalue weighted by Crippen LogP contribution is 2.37. The lowest BCUT2D eigenvalue weighted by atomic mass is 9.91. The number of H-pyrrole nitrogens is 1. The fraction of sp³-hybridized carbons (Fsp3) is 0.406. The fourth-order valence-corrected chi connectivity index (χ4v) is 6.00. The highest BCUT2D eigenvalue weighted by atomic mass is 19.1. The number of benzene rings is 2. The van der Waals surface area contributed by atoms with Crippen molar-refractivity contribution in [2.45, 2.75) is 44.2 Å². The number of halogens is 1. The first-order valence-electron chi connectivity index (χ1n) is 15.0. The van der Waals surface area contributed by atoms with E-state index in [1.54, 1.807) is 6.07 Å². The summed E-state index contributed by atoms with van der Waals surface area (Å²) in [4.78, 5) is 12.3. The normalized spacial score (nSPS) is 17.3. The predicted molar refractivity (Wildman–Crippen MR) is 166 cm³/mol. The van der Waals surface area contributed by atoms with Gasteiger partial charge in [0.1, 0.15) is 23.7 Å². The van der Waals surface area contributed by atoms with E-state index in [9.17, 15) is 4.39 Å². The van der Waals surface area contributed by atoms with Gasteiger partial charge in [-0.25, -0.2) is 19.0 Å². The molecule has 0 saturated heterocycles. The molecule has 6 N–H and O–H groups in total. The van der Waals surface area contributed by atoms with Crippen molar-refractivity contribution in [2.75, 3.05) is 45.3 Å². The SMILES string of the molecule is NCCOCCOCCN[C@H]1CC[C@H](n2nc(-c3ccc4[nH]c(Cc5ccccc5F)cc4c3)c3c(N)ncnc32)CC1. The van der Waals surface area contributed by atoms with E-state index in [0.29, 0.717) is 56.8 Å². The van der Waals surface area contributed by atoms with Gasteiger partial charge in [0.05, 0.1) is 37.9 Å². The second-order valence-electron chi connectivity index (χ2n) is 11.1. The zero-order chi connectivity index (χ0) is 29.6. The molecule has 1 saturated carbocycles. The molecule has 6 rings (SSSR count). The van der Waals surface area contributed by atoms with Crippen molar-refractivity contribution in [1.29, 1.82) is 0 Å². The fourth-order valence-electron chi connectivity index (χ4n) is 6.00. The van der Waals surface area contributed by atoms with Gasteiger partial charge in [-0.15, -0.1) is 0 Å². The quantitative estimate of drug-likeness (QED) is 0.149. The van der Waals surface area contributed by atoms with E-state index >= 15 is 0 Å². The Kier molecular flexibility index (Phi) is 9.23. The van der Waals surface area contributed by atoms with Crippen LogP contribution in [0.2, 0.25) is 0 Å². The first kappa shape index (κ1) is 29.2. The summed E-state index contributed by atoms with van der Waals surface area (Å²) in [6.45, 7) is 3.73. The number of fused-ring (bicyclic) bond motifs is 2. The van der Waals surface area contributed by atoms with E-state index in [4.69, 9.17) is 26.0 Å². The Morgan fingerprint density at radius 2 is 1.79 bits per heavy atom. The molecule has 43 heavy (non-hydrogen) atoms. The number of aromatic amines is 1. The number of ether oxygens (including phenoxy) is 2. The van der Waals surface area contributed by atoms with Crippen LogP contribution >= 0.6 is 0 Å². The molecule has 11 heteroatoms. The molecular weight excluding hydrogens is 547 g/mol. The van der Waals surface area contributed by atoms with Crippen molar-refractivity contribution in [3.63, 3.8) is 0 Å². The Hall–Kier alpha value is -3.90. The third kappa shape index (κ3) is 6.70. The Balaban J connectivity index is 1.14. The molecule has 3 aromatic heterocycles. The summed E-state index contributed by atoms with van der Waals surface area (Å²) in [7, 11) is 0. The molecule has 226 valence electrons. The van der Waals surface area contributed by atoms with Crippen LogP contribution in [0.1, 0.15) is 43.0 Å². The van der Waals surface area contributed by atoms with Crippen LogP contribution in [0.4, 0.5) is 10.2 Å². The van der Waals surface area contributed by atoms with E-state index in [1.165, 1.54) is 12.4 Å². The monoisotopic (exact) mass is 586 g/mol. The number of hydrogen-bond acceptors (Lipinski definition) is 8. The third-order valence-corrected chi connectivity index (χ3v) is 8.16. The average molecular weight is 587 g/mol. The molecule has 1 aliphatic rings. The summed E-state index contributed by atoms with van der Waals surface area (Å²) in [5.41, 5.74) is 16.9. The maximum atomic E-state index is 14.2. The van der Waals surface area contributed by atoms with Crippen molar-refractivity contribution >= 4 is 27.8 Å². The van der Waals surface area contributed by atoms with Gasteiger partial charge in [0.15, 0.2) is 5.65 Å². The summed E-state index contributed by atoms with van der Waals surface area (Å²) >= 11 is 0. The second kappa shape index (κ2) is 13.6. The van der Waals surface area contributed by atoms with Crippen molar-refractivity contribution in [1.82, 2.24) is 30.0 Å². The minimum Gasteiger partial charge on any atom is -0.383 e. The van der Waals surface area contributed by atoms with Gasteiger partial charge in [0.2, 0.25) is 0 Å². The van der Waals surface area contributed by atoms with Gasteiger partial charge in [-0.05, 0) is 55.5 Å². The molecule has 0 aliphatic heterocycles. The van der Waals surface area contributed by atoms with Crippen LogP contribution in [-0.4, -0.2) is 70.3 Å². The highest BCUT2D eigenvalue weighted by Gasteiger charge is 2.27. The van der Waals surface area contributed by atoms with Crippen molar-refractivity contribution < 1.29 is 13.9 Å². The highest BCUT2D eigenvalue weighted by molar-refractivity contribution is 6.00. The molecule has 1 fully saturated rings. The minimum atomic E-state index is -0.201. The molecule has 10 nitrogen and oxygen atoms in total. The lowest BCUT2D eigenvalue weighted by Crippen LogP contribution is -2.36. The van der Waals surface area contributed by atoms with Gasteiger partial charge in [0.25, 0.3) is 0 Å². The van der Waals surface area contributed by atoms with E-state index in [0.717, 1.165) is 71.1 Å². The van der Waals surface area contributed by atoms with Crippen LogP contribution in [0.15, 0.2) is 54.9 Å². The van der Waals surface area contributed by atoms with Gasteiger partial charge in [-0.1, -0.05) is 24.3 Å². The van der Waals surface area contributed by atoms with Gasteiger partial charge in [0, 0.05) is 47.7 Å². The van der Waals surface area contributed by atoms with Crippen molar-refractivity contribution in [2.24, 2.45) is 5.73 Å². The molecule has 3 heterocycles. The van der Waals surface area contributed by atoms with Crippen LogP contribution in [0.5, 0.6) is 0 Å². The molecule has 0 unspecified atom stereocenters. The van der Waals surface area contributed by atoms with E-state index in [1.807, 2.05) is 28.9 Å². The maximum Gasteiger partial charge on any atom is 0.164 e. The van der Waals surface area contributed by atoms with Crippen LogP contribution in [0.25, 0.3) is 33.2 Å². The third-order valence-electron chi connectivity index (χ3n) is 8.16. The van der Waals surface area contributed by atoms with Crippen molar-refractivity contribution in [3.05, 3.63) is 71.9 Å². The van der Waals surface area contributed by atoms with Crippen LogP contribution in [0.3, 0.4) is 0 Å². The Bertz CT molecular complexity index is 1660. The number of anilines is 1. The number of nitrogens with two attached hydrogens (primary N) is 2. The smallest absolute Gasteiger partial charge is 0.164 e. The van der Waals surface area contributed by atoms with Crippen molar-refractivity contribution in [3.8, 4) is 11.3 Å². The number of nitrogens with one attached hydrogen (secondary N) is 2. The van der Waals surface area contributed by atoms with Gasteiger partial charge >= 0.3 is 0 Å². The Morgan fingerprint density at radius 1 is 0.977 bits per heavy atom. The van der Waals surface area contributed by atoms with Crippen LogP contribution in [-0.2, 0) is 15.9 Å². The molecular formula is C32H39FN8O2. The average Bonchev–Trinajstić information content (AvgIpc) is 3.61. The zero-order valence-electron chi connectivity index (χ0n) is 24.3. The first-order chi connectivity index (χ1) is 21.1. The lowest BCUT2D eigenvalue weighted by Gasteiger charge is -2.29. The summed E-state index contributed by atoms with van der Waals surface area (Å²) in [6.07, 6.45) is 6.06. The molecule has 0 bridgehead atoms. The van der Waals surface area contributed by atoms with Crippen LogP contribution < -0.4 is 16.8 Å². The number of nitrogen functional groups attached to an aromatic ring is 1. The van der Waals surface area contributed by atoms with Gasteiger partial charge in [-0.2, -0.15) is 5.10 Å². The molecule has 0 atom stereocenters. The molecule has 2 aromatic carbocycles. The number of rotatable bonds is 13. The summed E-state index contributed by atoms with van der Waals surface area (Å²) < 4.78 is 27.3. The minimum absolute atomic E-state index is 0.201. The maximum absolute atomic E-state index is 14.2. The molecule has 0 spiro atoms. The van der Waals surface area contributed by atoms with Gasteiger partial charge in [-0.3, -0.25) is 0 Å². The summed E-state index contributed by atoms with van der Waals surface area (Å²) in [5, 5.41) is 10.5. The van der Waals surface area contributed by atoms with Crippen LogP contribution in [0, 0.1) is 5.82 Å². The molecule has 5 aromatic rings. The summed E-state index contributed by atoms with van der Waals surface area (Å²) in [5.74, 6) is 0.220. The topological polar surface area (TPSA) is 142 Å². The largest absolute Gasteiger partial charge is 0.383 e. The number of hydrogen-bond donors (Lipinski definition) is 4. The van der Waals surface area contributed by atoms with E-state index in [2.05, 4.69) is 32.4 Å². The summed E-state index contributed by atoms with van der Waals surface area (Å²) in [6, 6.07) is 15.8. The standard InChI is InChI=1S/C32H39FN8O2/c33-27-4-2-1-3-21(27)18-25-19-23-17-22(5-10-28(23)39-25)30-29-31(35)37-20-38-32(29)41(40-30)26-8-6-24(7-9-26)36-12-14-43-16-15-42-13-11-34/h1-5,10,17,19-20,24,26,36,39H,6-9,11-16,18,34H2,(H2,35,37,38)/t24-,26-. The Morgan fingerprint density at radius 3 is 2.60 bits per heavy atom.